The van der Waals surface area contributed by atoms with Gasteiger partial charge in [-0.15, -0.1) is 10.2 Å². The van der Waals surface area contributed by atoms with Gasteiger partial charge >= 0.3 is 0 Å². The van der Waals surface area contributed by atoms with Gasteiger partial charge < -0.3 is 4.90 Å². The van der Waals surface area contributed by atoms with E-state index in [9.17, 15) is 9.18 Å². The first-order chi connectivity index (χ1) is 12.6. The molecule has 138 valence electrons. The van der Waals surface area contributed by atoms with Crippen molar-refractivity contribution >= 4 is 17.7 Å². The molecule has 1 aromatic carbocycles. The Morgan fingerprint density at radius 1 is 1.19 bits per heavy atom. The third-order valence-electron chi connectivity index (χ3n) is 4.99. The van der Waals surface area contributed by atoms with Crippen LogP contribution in [0.2, 0.25) is 0 Å². The molecule has 26 heavy (non-hydrogen) atoms. The Balaban J connectivity index is 1.57. The molecule has 4 rings (SSSR count). The molecular weight excluding hydrogens is 351 g/mol. The maximum atomic E-state index is 14.2. The monoisotopic (exact) mass is 374 g/mol. The fraction of sp³-hybridized carbons (Fsp3) is 0.526. The lowest BCUT2D eigenvalue weighted by Crippen LogP contribution is -2.40. The van der Waals surface area contributed by atoms with Crippen molar-refractivity contribution in [3.05, 3.63) is 30.1 Å². The van der Waals surface area contributed by atoms with E-state index in [4.69, 9.17) is 0 Å². The normalized spacial score (nSPS) is 18.8. The molecule has 0 radical (unpaired) electrons. The molecule has 2 heterocycles. The fourth-order valence-corrected chi connectivity index (χ4v) is 4.43. The van der Waals surface area contributed by atoms with Crippen LogP contribution in [0.1, 0.15) is 45.1 Å². The molecule has 1 amide bonds. The highest BCUT2D eigenvalue weighted by Gasteiger charge is 2.33. The molecule has 1 saturated heterocycles. The third kappa shape index (κ3) is 3.49. The van der Waals surface area contributed by atoms with Gasteiger partial charge in [0.05, 0.1) is 10.8 Å². The van der Waals surface area contributed by atoms with E-state index in [0.29, 0.717) is 22.6 Å². The first kappa shape index (κ1) is 17.5. The zero-order valence-corrected chi connectivity index (χ0v) is 15.7. The van der Waals surface area contributed by atoms with Crippen molar-refractivity contribution in [3.8, 4) is 11.4 Å². The average Bonchev–Trinajstić information content (AvgIpc) is 3.43. The molecule has 0 spiro atoms. The van der Waals surface area contributed by atoms with Gasteiger partial charge in [0.25, 0.3) is 0 Å². The highest BCUT2D eigenvalue weighted by molar-refractivity contribution is 8.00. The van der Waals surface area contributed by atoms with Crippen LogP contribution in [0.5, 0.6) is 0 Å². The number of amides is 1. The highest BCUT2D eigenvalue weighted by Crippen LogP contribution is 2.42. The van der Waals surface area contributed by atoms with Gasteiger partial charge in [-0.05, 0) is 51.2 Å². The SMILES string of the molecule is C[C@@H](Sc1nnc(-c2ccccc2F)n1C1CC1)C(=O)N1CCCCC1. The molecule has 7 heteroatoms. The van der Waals surface area contributed by atoms with Crippen molar-refractivity contribution in [2.75, 3.05) is 13.1 Å². The minimum absolute atomic E-state index is 0.160. The summed E-state index contributed by atoms with van der Waals surface area (Å²) in [6, 6.07) is 6.95. The van der Waals surface area contributed by atoms with Crippen LogP contribution < -0.4 is 0 Å². The summed E-state index contributed by atoms with van der Waals surface area (Å²) in [4.78, 5) is 14.7. The van der Waals surface area contributed by atoms with Gasteiger partial charge in [0.15, 0.2) is 11.0 Å². The summed E-state index contributed by atoms with van der Waals surface area (Å²) in [5.74, 6) is 0.425. The Kier molecular flexibility index (Phi) is 4.98. The van der Waals surface area contributed by atoms with Crippen LogP contribution in [-0.2, 0) is 4.79 Å². The number of benzene rings is 1. The molecule has 1 aromatic heterocycles. The summed E-state index contributed by atoms with van der Waals surface area (Å²) in [7, 11) is 0. The molecule has 1 saturated carbocycles. The van der Waals surface area contributed by atoms with Gasteiger partial charge in [-0.3, -0.25) is 9.36 Å². The van der Waals surface area contributed by atoms with Crippen molar-refractivity contribution in [2.45, 2.75) is 55.5 Å². The number of hydrogen-bond acceptors (Lipinski definition) is 4. The molecule has 1 aliphatic carbocycles. The maximum absolute atomic E-state index is 14.2. The number of hydrogen-bond donors (Lipinski definition) is 0. The quantitative estimate of drug-likeness (QED) is 0.745. The second kappa shape index (κ2) is 7.39. The summed E-state index contributed by atoms with van der Waals surface area (Å²) >= 11 is 1.44. The summed E-state index contributed by atoms with van der Waals surface area (Å²) in [6.07, 6.45) is 5.45. The Bertz CT molecular complexity index is 799. The summed E-state index contributed by atoms with van der Waals surface area (Å²) in [5.41, 5.74) is 0.466. The van der Waals surface area contributed by atoms with Gasteiger partial charge in [0.2, 0.25) is 5.91 Å². The van der Waals surface area contributed by atoms with Crippen LogP contribution in [0.3, 0.4) is 0 Å². The number of piperidine rings is 1. The van der Waals surface area contributed by atoms with E-state index < -0.39 is 0 Å². The molecule has 1 atom stereocenters. The number of rotatable bonds is 5. The topological polar surface area (TPSA) is 51.0 Å². The van der Waals surface area contributed by atoms with Crippen LogP contribution in [0.25, 0.3) is 11.4 Å². The molecule has 1 aliphatic heterocycles. The predicted molar refractivity (Wildman–Crippen MR) is 99.4 cm³/mol. The van der Waals surface area contributed by atoms with E-state index in [1.165, 1.54) is 24.2 Å². The predicted octanol–water partition coefficient (Wildman–Crippen LogP) is 3.91. The molecule has 0 bridgehead atoms. The smallest absolute Gasteiger partial charge is 0.235 e. The van der Waals surface area contributed by atoms with Crippen LogP contribution in [-0.4, -0.2) is 43.9 Å². The zero-order valence-electron chi connectivity index (χ0n) is 14.9. The van der Waals surface area contributed by atoms with Gasteiger partial charge in [-0.2, -0.15) is 0 Å². The Labute approximate surface area is 157 Å². The number of carbonyl (C=O) groups excluding carboxylic acids is 1. The van der Waals surface area contributed by atoms with E-state index in [1.807, 2.05) is 16.4 Å². The maximum Gasteiger partial charge on any atom is 0.235 e. The van der Waals surface area contributed by atoms with Gasteiger partial charge in [0.1, 0.15) is 5.82 Å². The summed E-state index contributed by atoms with van der Waals surface area (Å²) in [5, 5.41) is 9.05. The van der Waals surface area contributed by atoms with Crippen molar-refractivity contribution < 1.29 is 9.18 Å². The lowest BCUT2D eigenvalue weighted by Gasteiger charge is -2.28. The van der Waals surface area contributed by atoms with Crippen molar-refractivity contribution in [2.24, 2.45) is 0 Å². The van der Waals surface area contributed by atoms with Crippen molar-refractivity contribution in [1.82, 2.24) is 19.7 Å². The third-order valence-corrected chi connectivity index (χ3v) is 6.03. The number of halogens is 1. The summed E-state index contributed by atoms with van der Waals surface area (Å²) in [6.45, 7) is 3.62. The number of carbonyl (C=O) groups is 1. The highest BCUT2D eigenvalue weighted by atomic mass is 32.2. The van der Waals surface area contributed by atoms with Crippen LogP contribution in [0.15, 0.2) is 29.4 Å². The molecule has 2 fully saturated rings. The number of aromatic nitrogens is 3. The average molecular weight is 374 g/mol. The Hall–Kier alpha value is -1.89. The van der Waals surface area contributed by atoms with Crippen molar-refractivity contribution in [3.63, 3.8) is 0 Å². The van der Waals surface area contributed by atoms with E-state index in [0.717, 1.165) is 38.8 Å². The van der Waals surface area contributed by atoms with E-state index >= 15 is 0 Å². The zero-order chi connectivity index (χ0) is 18.1. The minimum atomic E-state index is -0.296. The number of likely N-dealkylation sites (tertiary alicyclic amines) is 1. The Morgan fingerprint density at radius 2 is 1.92 bits per heavy atom. The fourth-order valence-electron chi connectivity index (χ4n) is 3.43. The van der Waals surface area contributed by atoms with Crippen molar-refractivity contribution in [1.29, 1.82) is 0 Å². The lowest BCUT2D eigenvalue weighted by atomic mass is 10.1. The summed E-state index contributed by atoms with van der Waals surface area (Å²) < 4.78 is 16.3. The van der Waals surface area contributed by atoms with E-state index in [1.54, 1.807) is 18.2 Å². The lowest BCUT2D eigenvalue weighted by molar-refractivity contribution is -0.131. The first-order valence-corrected chi connectivity index (χ1v) is 10.2. The molecular formula is C19H23FN4OS. The standard InChI is InChI=1S/C19H23FN4OS/c1-13(18(25)23-11-5-2-6-12-23)26-19-22-21-17(24(19)14-9-10-14)15-7-3-4-8-16(15)20/h3-4,7-8,13-14H,2,5-6,9-12H2,1H3/t13-/m1/s1. The molecule has 2 aliphatic rings. The molecule has 2 aromatic rings. The second-order valence-corrected chi connectivity index (χ2v) is 8.34. The van der Waals surface area contributed by atoms with E-state index in [2.05, 4.69) is 10.2 Å². The molecule has 0 N–H and O–H groups in total. The molecule has 5 nitrogen and oxygen atoms in total. The van der Waals surface area contributed by atoms with E-state index in [-0.39, 0.29) is 17.0 Å². The minimum Gasteiger partial charge on any atom is -0.342 e. The number of thioether (sulfide) groups is 1. The van der Waals surface area contributed by atoms with Gasteiger partial charge in [-0.25, -0.2) is 4.39 Å². The van der Waals surface area contributed by atoms with Gasteiger partial charge in [-0.1, -0.05) is 23.9 Å². The van der Waals surface area contributed by atoms with Crippen LogP contribution in [0.4, 0.5) is 4.39 Å². The number of nitrogens with zero attached hydrogens (tertiary/aromatic N) is 4. The van der Waals surface area contributed by atoms with Gasteiger partial charge in [0, 0.05) is 19.1 Å². The van der Waals surface area contributed by atoms with Crippen LogP contribution in [0, 0.1) is 5.82 Å². The Morgan fingerprint density at radius 3 is 2.62 bits per heavy atom. The first-order valence-electron chi connectivity index (χ1n) is 9.30. The van der Waals surface area contributed by atoms with Crippen LogP contribution >= 0.6 is 11.8 Å². The molecule has 0 unspecified atom stereocenters. The second-order valence-electron chi connectivity index (χ2n) is 7.03. The largest absolute Gasteiger partial charge is 0.342 e.